The van der Waals surface area contributed by atoms with Crippen LogP contribution in [0.3, 0.4) is 0 Å². The van der Waals surface area contributed by atoms with Crippen molar-refractivity contribution in [2.45, 2.75) is 43.0 Å². The molecule has 0 radical (unpaired) electrons. The number of nitrogens with one attached hydrogen (secondary N) is 1. The number of fused-ring (bicyclic) bond motifs is 1. The van der Waals surface area contributed by atoms with Gasteiger partial charge in [0.05, 0.1) is 11.4 Å². The molecule has 0 unspecified atom stereocenters. The molecular formula is C22H25BrN2O5S. The molecule has 1 N–H and O–H groups in total. The number of ether oxygens (including phenoxy) is 2. The lowest BCUT2D eigenvalue weighted by atomic mass is 9.95. The van der Waals surface area contributed by atoms with Gasteiger partial charge in [-0.05, 0) is 49.2 Å². The maximum absolute atomic E-state index is 13.4. The second-order valence-corrected chi connectivity index (χ2v) is 10.5. The van der Waals surface area contributed by atoms with E-state index in [2.05, 4.69) is 21.2 Å². The summed E-state index contributed by atoms with van der Waals surface area (Å²) in [5, 5.41) is 2.81. The number of carbonyl (C=O) groups is 1. The molecule has 9 heteroatoms. The first-order chi connectivity index (χ1) is 14.9. The highest BCUT2D eigenvalue weighted by Crippen LogP contribution is 2.33. The Hall–Kier alpha value is -2.10. The summed E-state index contributed by atoms with van der Waals surface area (Å²) in [6, 6.07) is 11.5. The standard InChI is InChI=1S/C22H25BrN2O5S/c23-16-6-9-19(10-7-16)31(27,28)25(18-4-2-1-3-5-18)15-22(26)24-17-8-11-20-21(14-17)30-13-12-29-20/h6-11,14,18H,1-5,12-13,15H2,(H,24,26). The molecule has 0 bridgehead atoms. The number of rotatable bonds is 6. The summed E-state index contributed by atoms with van der Waals surface area (Å²) < 4.78 is 40.1. The van der Waals surface area contributed by atoms with E-state index < -0.39 is 10.0 Å². The fourth-order valence-corrected chi connectivity index (χ4v) is 5.89. The average molecular weight is 509 g/mol. The van der Waals surface area contributed by atoms with E-state index in [9.17, 15) is 13.2 Å². The fourth-order valence-electron chi connectivity index (χ4n) is 3.98. The Kier molecular flexibility index (Phi) is 6.83. The van der Waals surface area contributed by atoms with Gasteiger partial charge in [0.25, 0.3) is 0 Å². The van der Waals surface area contributed by atoms with Gasteiger partial charge in [-0.1, -0.05) is 35.2 Å². The third kappa shape index (κ3) is 5.22. The zero-order valence-corrected chi connectivity index (χ0v) is 19.5. The van der Waals surface area contributed by atoms with Gasteiger partial charge in [-0.25, -0.2) is 8.42 Å². The Morgan fingerprint density at radius 1 is 1.00 bits per heavy atom. The van der Waals surface area contributed by atoms with Crippen LogP contribution in [0, 0.1) is 0 Å². The number of benzene rings is 2. The van der Waals surface area contributed by atoms with Crippen LogP contribution in [0.15, 0.2) is 51.8 Å². The molecule has 2 aromatic rings. The van der Waals surface area contributed by atoms with Crippen LogP contribution in [-0.4, -0.2) is 44.4 Å². The van der Waals surface area contributed by atoms with Gasteiger partial charge in [0.15, 0.2) is 11.5 Å². The number of hydrogen-bond donors (Lipinski definition) is 1. The SMILES string of the molecule is O=C(CN(C1CCCCC1)S(=O)(=O)c1ccc(Br)cc1)Nc1ccc2c(c1)OCCO2. The quantitative estimate of drug-likeness (QED) is 0.632. The van der Waals surface area contributed by atoms with Gasteiger partial charge in [-0.3, -0.25) is 4.79 Å². The fraction of sp³-hybridized carbons (Fsp3) is 0.409. The van der Waals surface area contributed by atoms with E-state index in [1.54, 1.807) is 42.5 Å². The summed E-state index contributed by atoms with van der Waals surface area (Å²) >= 11 is 3.34. The average Bonchev–Trinajstić information content (AvgIpc) is 2.78. The van der Waals surface area contributed by atoms with E-state index in [4.69, 9.17) is 9.47 Å². The highest BCUT2D eigenvalue weighted by molar-refractivity contribution is 9.10. The van der Waals surface area contributed by atoms with Gasteiger partial charge in [0.2, 0.25) is 15.9 Å². The molecular weight excluding hydrogens is 484 g/mol. The molecule has 2 aliphatic rings. The lowest BCUT2D eigenvalue weighted by Crippen LogP contribution is -2.45. The van der Waals surface area contributed by atoms with Gasteiger partial charge in [0.1, 0.15) is 13.2 Å². The summed E-state index contributed by atoms with van der Waals surface area (Å²) in [5.74, 6) is 0.810. The molecule has 0 spiro atoms. The number of amides is 1. The second kappa shape index (κ2) is 9.58. The molecule has 0 saturated heterocycles. The number of halogens is 1. The van der Waals surface area contributed by atoms with Crippen molar-refractivity contribution in [1.29, 1.82) is 0 Å². The lowest BCUT2D eigenvalue weighted by Gasteiger charge is -2.33. The zero-order chi connectivity index (χ0) is 21.8. The van der Waals surface area contributed by atoms with Crippen LogP contribution in [0.1, 0.15) is 32.1 Å². The van der Waals surface area contributed by atoms with E-state index >= 15 is 0 Å². The van der Waals surface area contributed by atoms with Crippen molar-refractivity contribution in [1.82, 2.24) is 4.31 Å². The van der Waals surface area contributed by atoms with Crippen LogP contribution >= 0.6 is 15.9 Å². The highest BCUT2D eigenvalue weighted by Gasteiger charge is 2.34. The largest absolute Gasteiger partial charge is 0.486 e. The zero-order valence-electron chi connectivity index (χ0n) is 17.1. The smallest absolute Gasteiger partial charge is 0.243 e. The van der Waals surface area contributed by atoms with E-state index in [0.29, 0.717) is 30.4 Å². The Morgan fingerprint density at radius 2 is 1.68 bits per heavy atom. The van der Waals surface area contributed by atoms with E-state index in [1.807, 2.05) is 0 Å². The first-order valence-corrected chi connectivity index (χ1v) is 12.6. The summed E-state index contributed by atoms with van der Waals surface area (Å²) in [6.07, 6.45) is 4.52. The summed E-state index contributed by atoms with van der Waals surface area (Å²) in [4.78, 5) is 13.1. The van der Waals surface area contributed by atoms with Crippen LogP contribution in [-0.2, 0) is 14.8 Å². The third-order valence-electron chi connectivity index (χ3n) is 5.53. The summed E-state index contributed by atoms with van der Waals surface area (Å²) in [5.41, 5.74) is 0.541. The molecule has 1 aliphatic heterocycles. The van der Waals surface area contributed by atoms with Gasteiger partial charge in [-0.15, -0.1) is 0 Å². The number of nitrogens with zero attached hydrogens (tertiary/aromatic N) is 1. The Morgan fingerprint density at radius 3 is 2.39 bits per heavy atom. The molecule has 4 rings (SSSR count). The van der Waals surface area contributed by atoms with Gasteiger partial charge < -0.3 is 14.8 Å². The summed E-state index contributed by atoms with van der Waals surface area (Å²) in [7, 11) is -3.81. The maximum atomic E-state index is 13.4. The van der Waals surface area contributed by atoms with Crippen LogP contribution in [0.5, 0.6) is 11.5 Å². The molecule has 1 heterocycles. The van der Waals surface area contributed by atoms with Crippen molar-refractivity contribution in [2.24, 2.45) is 0 Å². The van der Waals surface area contributed by atoms with Gasteiger partial charge >= 0.3 is 0 Å². The van der Waals surface area contributed by atoms with E-state index in [-0.39, 0.29) is 23.4 Å². The molecule has 1 fully saturated rings. The predicted molar refractivity (Wildman–Crippen MR) is 121 cm³/mol. The monoisotopic (exact) mass is 508 g/mol. The van der Waals surface area contributed by atoms with Crippen LogP contribution in [0.4, 0.5) is 5.69 Å². The summed E-state index contributed by atoms with van der Waals surface area (Å²) in [6.45, 7) is 0.700. The lowest BCUT2D eigenvalue weighted by molar-refractivity contribution is -0.116. The molecule has 0 atom stereocenters. The Labute approximate surface area is 190 Å². The minimum Gasteiger partial charge on any atom is -0.486 e. The van der Waals surface area contributed by atoms with Crippen LogP contribution in [0.25, 0.3) is 0 Å². The van der Waals surface area contributed by atoms with Gasteiger partial charge in [-0.2, -0.15) is 4.31 Å². The maximum Gasteiger partial charge on any atom is 0.243 e. The number of hydrogen-bond acceptors (Lipinski definition) is 5. The van der Waals surface area contributed by atoms with Crippen molar-refractivity contribution in [3.05, 3.63) is 46.9 Å². The molecule has 166 valence electrons. The highest BCUT2D eigenvalue weighted by atomic mass is 79.9. The van der Waals surface area contributed by atoms with Crippen molar-refractivity contribution >= 4 is 37.5 Å². The number of sulfonamides is 1. The molecule has 7 nitrogen and oxygen atoms in total. The normalized spacial score (nSPS) is 16.8. The van der Waals surface area contributed by atoms with E-state index in [0.717, 1.165) is 36.6 Å². The molecule has 2 aromatic carbocycles. The van der Waals surface area contributed by atoms with Crippen molar-refractivity contribution in [3.63, 3.8) is 0 Å². The topological polar surface area (TPSA) is 84.9 Å². The van der Waals surface area contributed by atoms with Crippen LogP contribution in [0.2, 0.25) is 0 Å². The first kappa shape index (κ1) is 22.1. The number of carbonyl (C=O) groups excluding carboxylic acids is 1. The van der Waals surface area contributed by atoms with Gasteiger partial charge in [0, 0.05) is 22.3 Å². The molecule has 0 aromatic heterocycles. The molecule has 1 saturated carbocycles. The van der Waals surface area contributed by atoms with Crippen molar-refractivity contribution in [3.8, 4) is 11.5 Å². The minimum absolute atomic E-state index is 0.187. The van der Waals surface area contributed by atoms with Crippen molar-refractivity contribution in [2.75, 3.05) is 25.1 Å². The molecule has 1 aliphatic carbocycles. The Balaban J connectivity index is 1.54. The van der Waals surface area contributed by atoms with Crippen LogP contribution < -0.4 is 14.8 Å². The van der Waals surface area contributed by atoms with E-state index in [1.165, 1.54) is 4.31 Å². The molecule has 31 heavy (non-hydrogen) atoms. The first-order valence-electron chi connectivity index (χ1n) is 10.4. The second-order valence-electron chi connectivity index (χ2n) is 7.70. The van der Waals surface area contributed by atoms with Crippen molar-refractivity contribution < 1.29 is 22.7 Å². The Bertz CT molecular complexity index is 1040. The third-order valence-corrected chi connectivity index (χ3v) is 7.97. The molecule has 1 amide bonds. The minimum atomic E-state index is -3.81. The number of anilines is 1. The predicted octanol–water partition coefficient (Wildman–Crippen LogP) is 4.18.